The van der Waals surface area contributed by atoms with Crippen LogP contribution in [-0.2, 0) is 14.3 Å². The van der Waals surface area contributed by atoms with E-state index in [9.17, 15) is 19.7 Å². The minimum absolute atomic E-state index is 0.126. The topological polar surface area (TPSA) is 119 Å². The summed E-state index contributed by atoms with van der Waals surface area (Å²) in [6.45, 7) is 1.09. The Kier molecular flexibility index (Phi) is 6.67. The van der Waals surface area contributed by atoms with Gasteiger partial charge in [-0.2, -0.15) is 0 Å². The number of aliphatic carboxylic acids is 1. The summed E-state index contributed by atoms with van der Waals surface area (Å²) in [7, 11) is 0. The molecule has 2 aliphatic rings. The number of halogens is 2. The summed E-state index contributed by atoms with van der Waals surface area (Å²) in [6.07, 6.45) is 6.61. The molecule has 0 heterocycles. The molecule has 1 fully saturated rings. The van der Waals surface area contributed by atoms with Crippen molar-refractivity contribution in [1.29, 1.82) is 0 Å². The number of nitrogens with one attached hydrogen (secondary N) is 1. The predicted octanol–water partition coefficient (Wildman–Crippen LogP) is 2.74. The van der Waals surface area contributed by atoms with Crippen molar-refractivity contribution in [3.05, 3.63) is 45.1 Å². The molecule has 27 heavy (non-hydrogen) atoms. The summed E-state index contributed by atoms with van der Waals surface area (Å²) >= 11 is 12.9. The molecule has 0 bridgehead atoms. The zero-order valence-corrected chi connectivity index (χ0v) is 16.1. The van der Waals surface area contributed by atoms with Crippen LogP contribution in [0.25, 0.3) is 0 Å². The Morgan fingerprint density at radius 1 is 1.52 bits per heavy atom. The lowest BCUT2D eigenvalue weighted by atomic mass is 9.78. The molecule has 1 amide bonds. The number of ether oxygens (including phenoxy) is 1. The maximum absolute atomic E-state index is 12.5. The molecule has 0 aliphatic heterocycles. The van der Waals surface area contributed by atoms with Crippen molar-refractivity contribution in [2.45, 2.75) is 49.2 Å². The van der Waals surface area contributed by atoms with Gasteiger partial charge in [0.05, 0.1) is 4.92 Å². The lowest BCUT2D eigenvalue weighted by Crippen LogP contribution is -2.58. The maximum Gasteiger partial charge on any atom is 0.322 e. The Morgan fingerprint density at radius 2 is 2.19 bits per heavy atom. The van der Waals surface area contributed by atoms with E-state index in [1.165, 1.54) is 12.2 Å². The highest BCUT2D eigenvalue weighted by atomic mass is 35.5. The number of carboxylic acid groups (broad SMARTS) is 1. The fourth-order valence-corrected chi connectivity index (χ4v) is 3.44. The number of amides is 1. The number of carboxylic acids is 1. The number of alkyl halides is 1. The average molecular weight is 419 g/mol. The molecule has 0 aromatic heterocycles. The van der Waals surface area contributed by atoms with Crippen LogP contribution in [0.5, 0.6) is 0 Å². The first-order chi connectivity index (χ1) is 12.6. The summed E-state index contributed by atoms with van der Waals surface area (Å²) in [4.78, 5) is 32.3. The largest absolute Gasteiger partial charge is 0.480 e. The Labute approximate surface area is 166 Å². The third-order valence-corrected chi connectivity index (χ3v) is 5.67. The third-order valence-electron chi connectivity index (χ3n) is 4.61. The number of nitro groups is 1. The van der Waals surface area contributed by atoms with Gasteiger partial charge in [-0.3, -0.25) is 19.7 Å². The highest BCUT2D eigenvalue weighted by Gasteiger charge is 2.51. The Balaban J connectivity index is 2.30. The highest BCUT2D eigenvalue weighted by molar-refractivity contribution is 6.41. The van der Waals surface area contributed by atoms with Crippen LogP contribution >= 0.6 is 23.2 Å². The number of carbonyl (C=O) groups is 2. The quantitative estimate of drug-likeness (QED) is 0.355. The molecule has 1 saturated carbocycles. The highest BCUT2D eigenvalue weighted by Crippen LogP contribution is 2.45. The third kappa shape index (κ3) is 4.51. The van der Waals surface area contributed by atoms with Crippen LogP contribution in [-0.4, -0.2) is 45.0 Å². The van der Waals surface area contributed by atoms with Crippen LogP contribution in [0.4, 0.5) is 0 Å². The molecular formula is C17H20Cl2N2O6. The van der Waals surface area contributed by atoms with E-state index in [1.807, 2.05) is 0 Å². The van der Waals surface area contributed by atoms with Crippen molar-refractivity contribution < 1.29 is 24.4 Å². The van der Waals surface area contributed by atoms with Crippen molar-refractivity contribution >= 4 is 35.1 Å². The standard InChI is InChI=1S/C17H20Cl2N2O6/c1-2-11(21(25)26)9-17(19)12(18)5-3-6-13(17)27-16(7-4-8-16)15(24)20-10-14(22)23/h3,5-6,9,13H,2,4,7-8,10H2,1H3,(H,20,24)(H,22,23)/b11-9+. The molecule has 0 aromatic rings. The number of nitrogens with zero attached hydrogens (tertiary/aromatic N) is 1. The summed E-state index contributed by atoms with van der Waals surface area (Å²) < 4.78 is 6.00. The SMILES string of the molecule is CC/C(=C\C1(Cl)C(Cl)=CC=CC1OC1(C(=O)NCC(=O)O)CCC1)[N+](=O)[O-]. The molecule has 2 N–H and O–H groups in total. The zero-order valence-electron chi connectivity index (χ0n) is 14.6. The zero-order chi connectivity index (χ0) is 20.2. The number of carbonyl (C=O) groups excluding carboxylic acids is 1. The van der Waals surface area contributed by atoms with Gasteiger partial charge >= 0.3 is 5.97 Å². The normalized spacial score (nSPS) is 26.7. The maximum atomic E-state index is 12.5. The second kappa shape index (κ2) is 8.41. The first-order valence-electron chi connectivity index (χ1n) is 8.42. The van der Waals surface area contributed by atoms with Gasteiger partial charge in [-0.15, -0.1) is 11.6 Å². The van der Waals surface area contributed by atoms with E-state index in [0.717, 1.165) is 6.42 Å². The van der Waals surface area contributed by atoms with Gasteiger partial charge in [0.1, 0.15) is 23.1 Å². The first kappa shape index (κ1) is 21.4. The van der Waals surface area contributed by atoms with Gasteiger partial charge < -0.3 is 15.2 Å². The van der Waals surface area contributed by atoms with E-state index < -0.39 is 39.9 Å². The van der Waals surface area contributed by atoms with Crippen molar-refractivity contribution in [2.75, 3.05) is 6.54 Å². The summed E-state index contributed by atoms with van der Waals surface area (Å²) in [5, 5.41) is 22.4. The van der Waals surface area contributed by atoms with Crippen LogP contribution < -0.4 is 5.32 Å². The molecule has 148 valence electrons. The van der Waals surface area contributed by atoms with Gasteiger partial charge in [-0.25, -0.2) is 0 Å². The number of hydrogen-bond acceptors (Lipinski definition) is 5. The van der Waals surface area contributed by atoms with Crippen molar-refractivity contribution in [3.63, 3.8) is 0 Å². The Hall–Kier alpha value is -1.90. The molecule has 2 unspecified atom stereocenters. The number of allylic oxidation sites excluding steroid dienone is 3. The predicted molar refractivity (Wildman–Crippen MR) is 99.1 cm³/mol. The molecule has 0 saturated heterocycles. The summed E-state index contributed by atoms with van der Waals surface area (Å²) in [5.41, 5.74) is -1.37. The fourth-order valence-electron chi connectivity index (χ4n) is 2.90. The van der Waals surface area contributed by atoms with Crippen LogP contribution in [0, 0.1) is 10.1 Å². The minimum Gasteiger partial charge on any atom is -0.480 e. The fraction of sp³-hybridized carbons (Fsp3) is 0.529. The van der Waals surface area contributed by atoms with E-state index in [-0.39, 0.29) is 17.2 Å². The van der Waals surface area contributed by atoms with Crippen LogP contribution in [0.2, 0.25) is 0 Å². The van der Waals surface area contributed by atoms with Gasteiger partial charge in [0.2, 0.25) is 5.70 Å². The van der Waals surface area contributed by atoms with E-state index in [2.05, 4.69) is 5.32 Å². The Bertz CT molecular complexity index is 729. The molecule has 8 nitrogen and oxygen atoms in total. The molecule has 2 aliphatic carbocycles. The van der Waals surface area contributed by atoms with Gasteiger partial charge in [-0.1, -0.05) is 30.7 Å². The molecule has 0 radical (unpaired) electrons. The monoisotopic (exact) mass is 418 g/mol. The van der Waals surface area contributed by atoms with E-state index >= 15 is 0 Å². The molecule has 10 heteroatoms. The smallest absolute Gasteiger partial charge is 0.322 e. The molecule has 2 rings (SSSR count). The van der Waals surface area contributed by atoms with Crippen molar-refractivity contribution in [3.8, 4) is 0 Å². The van der Waals surface area contributed by atoms with Crippen molar-refractivity contribution in [1.82, 2.24) is 5.32 Å². The van der Waals surface area contributed by atoms with Gasteiger partial charge in [0, 0.05) is 17.5 Å². The minimum atomic E-state index is -1.54. The lowest BCUT2D eigenvalue weighted by molar-refractivity contribution is -0.428. The Morgan fingerprint density at radius 3 is 2.67 bits per heavy atom. The van der Waals surface area contributed by atoms with Crippen LogP contribution in [0.1, 0.15) is 32.6 Å². The lowest BCUT2D eigenvalue weighted by Gasteiger charge is -2.45. The molecule has 2 atom stereocenters. The van der Waals surface area contributed by atoms with Crippen LogP contribution in [0.15, 0.2) is 35.0 Å². The van der Waals surface area contributed by atoms with Gasteiger partial charge in [0.15, 0.2) is 0 Å². The second-order valence-corrected chi connectivity index (χ2v) is 7.41. The van der Waals surface area contributed by atoms with Crippen LogP contribution in [0.3, 0.4) is 0 Å². The van der Waals surface area contributed by atoms with E-state index in [1.54, 1.807) is 19.1 Å². The van der Waals surface area contributed by atoms with E-state index in [0.29, 0.717) is 12.8 Å². The molecule has 0 spiro atoms. The van der Waals surface area contributed by atoms with Gasteiger partial charge in [-0.05, 0) is 25.3 Å². The van der Waals surface area contributed by atoms with Crippen molar-refractivity contribution in [2.24, 2.45) is 0 Å². The summed E-state index contributed by atoms with van der Waals surface area (Å²) in [5.74, 6) is -1.72. The number of hydrogen-bond donors (Lipinski definition) is 2. The summed E-state index contributed by atoms with van der Waals surface area (Å²) in [6, 6.07) is 0. The molecular weight excluding hydrogens is 399 g/mol. The van der Waals surface area contributed by atoms with E-state index in [4.69, 9.17) is 33.0 Å². The first-order valence-corrected chi connectivity index (χ1v) is 9.17. The average Bonchev–Trinajstić information content (AvgIpc) is 2.57. The molecule has 0 aromatic carbocycles. The second-order valence-electron chi connectivity index (χ2n) is 6.38. The number of rotatable bonds is 8. The van der Waals surface area contributed by atoms with Gasteiger partial charge in [0.25, 0.3) is 5.91 Å².